The third kappa shape index (κ3) is 3.60. The van der Waals surface area contributed by atoms with Gasteiger partial charge in [-0.3, -0.25) is 14.9 Å². The topological polar surface area (TPSA) is 87.9 Å². The summed E-state index contributed by atoms with van der Waals surface area (Å²) in [4.78, 5) is 22.4. The quantitative estimate of drug-likeness (QED) is 0.354. The molecule has 1 fully saturated rings. The van der Waals surface area contributed by atoms with E-state index in [1.54, 1.807) is 19.1 Å². The molecule has 0 radical (unpaired) electrons. The Morgan fingerprint density at radius 3 is 2.33 bits per heavy atom. The summed E-state index contributed by atoms with van der Waals surface area (Å²) in [5.41, 5.74) is -0.353. The first kappa shape index (κ1) is 18.4. The average Bonchev–Trinajstić information content (AvgIpc) is 2.67. The number of carbonyl (C=O) groups excluding carboxylic acids is 1. The number of nitro benzene ring substituents is 1. The summed E-state index contributed by atoms with van der Waals surface area (Å²) in [6, 6.07) is 4.63. The van der Waals surface area contributed by atoms with Crippen LogP contribution in [0.4, 0.5) is 5.69 Å². The summed E-state index contributed by atoms with van der Waals surface area (Å²) in [5, 5.41) is 11.4. The number of hydrogen-bond acceptors (Lipinski definition) is 6. The Bertz CT molecular complexity index is 642. The molecule has 0 bridgehead atoms. The molecule has 0 saturated carbocycles. The third-order valence-electron chi connectivity index (χ3n) is 4.47. The van der Waals surface area contributed by atoms with Gasteiger partial charge in [0.25, 0.3) is 5.69 Å². The van der Waals surface area contributed by atoms with Crippen LogP contribution in [-0.2, 0) is 25.3 Å². The highest BCUT2D eigenvalue weighted by Gasteiger charge is 2.52. The number of ether oxygens (including phenoxy) is 1. The fourth-order valence-corrected chi connectivity index (χ4v) is 2.39. The minimum atomic E-state index is -0.689. The molecule has 0 spiro atoms. The molecule has 24 heavy (non-hydrogen) atoms. The highest BCUT2D eigenvalue weighted by atomic mass is 16.7. The first-order chi connectivity index (χ1) is 11.1. The molecule has 0 unspecified atom stereocenters. The third-order valence-corrected chi connectivity index (χ3v) is 4.47. The predicted octanol–water partition coefficient (Wildman–Crippen LogP) is 2.00. The molecule has 1 aliphatic heterocycles. The summed E-state index contributed by atoms with van der Waals surface area (Å²) in [5.74, 6) is -0.496. The summed E-state index contributed by atoms with van der Waals surface area (Å²) in [7, 11) is -0.689. The van der Waals surface area contributed by atoms with Gasteiger partial charge in [0.1, 0.15) is 0 Å². The zero-order valence-corrected chi connectivity index (χ0v) is 14.6. The van der Waals surface area contributed by atoms with Crippen LogP contribution in [0.25, 0.3) is 0 Å². The Balaban J connectivity index is 2.30. The lowest BCUT2D eigenvalue weighted by Crippen LogP contribution is -2.41. The maximum Gasteiger partial charge on any atom is 0.495 e. The van der Waals surface area contributed by atoms with Crippen LogP contribution in [-0.4, -0.2) is 35.8 Å². The summed E-state index contributed by atoms with van der Waals surface area (Å²) in [6.07, 6.45) is -0.145. The normalized spacial score (nSPS) is 18.5. The van der Waals surface area contributed by atoms with Crippen molar-refractivity contribution in [3.8, 4) is 0 Å². The lowest BCUT2D eigenvalue weighted by atomic mass is 9.78. The number of carbonyl (C=O) groups is 1. The van der Waals surface area contributed by atoms with Crippen molar-refractivity contribution in [2.75, 3.05) is 6.61 Å². The molecule has 0 amide bonds. The van der Waals surface area contributed by atoms with Gasteiger partial charge >= 0.3 is 13.1 Å². The standard InChI is InChI=1S/C16H22BNO6/c1-6-22-14(19)9-11-7-8-12(10-13(11)18(20)21)17-23-15(2,3)16(4,5)24-17/h7-8,10H,6,9H2,1-5H3. The smallest absolute Gasteiger partial charge is 0.466 e. The molecular formula is C16H22BNO6. The Morgan fingerprint density at radius 1 is 1.25 bits per heavy atom. The first-order valence-corrected chi connectivity index (χ1v) is 7.86. The minimum absolute atomic E-state index is 0.143. The van der Waals surface area contributed by atoms with Crippen LogP contribution in [0.1, 0.15) is 40.2 Å². The van der Waals surface area contributed by atoms with Crippen LogP contribution < -0.4 is 5.46 Å². The van der Waals surface area contributed by atoms with Crippen LogP contribution in [0.15, 0.2) is 18.2 Å². The second-order valence-corrected chi connectivity index (χ2v) is 6.72. The molecule has 1 saturated heterocycles. The van der Waals surface area contributed by atoms with Crippen molar-refractivity contribution in [1.29, 1.82) is 0 Å². The molecule has 1 aromatic carbocycles. The van der Waals surface area contributed by atoms with Crippen molar-refractivity contribution in [3.63, 3.8) is 0 Å². The first-order valence-electron chi connectivity index (χ1n) is 7.86. The lowest BCUT2D eigenvalue weighted by Gasteiger charge is -2.32. The van der Waals surface area contributed by atoms with Gasteiger partial charge in [-0.15, -0.1) is 0 Å². The molecule has 1 aliphatic rings. The predicted molar refractivity (Wildman–Crippen MR) is 89.1 cm³/mol. The summed E-state index contributed by atoms with van der Waals surface area (Å²) >= 11 is 0. The lowest BCUT2D eigenvalue weighted by molar-refractivity contribution is -0.385. The molecule has 1 aromatic rings. The van der Waals surface area contributed by atoms with Crippen LogP contribution in [0.3, 0.4) is 0 Å². The van der Waals surface area contributed by atoms with E-state index in [0.29, 0.717) is 11.0 Å². The van der Waals surface area contributed by atoms with Gasteiger partial charge in [-0.25, -0.2) is 0 Å². The monoisotopic (exact) mass is 335 g/mol. The second-order valence-electron chi connectivity index (χ2n) is 6.72. The van der Waals surface area contributed by atoms with Crippen LogP contribution in [0, 0.1) is 10.1 Å². The number of nitro groups is 1. The molecule has 2 rings (SSSR count). The van der Waals surface area contributed by atoms with Crippen molar-refractivity contribution < 1.29 is 23.8 Å². The van der Waals surface area contributed by atoms with Gasteiger partial charge in [0.2, 0.25) is 0 Å². The van der Waals surface area contributed by atoms with Crippen molar-refractivity contribution in [2.45, 2.75) is 52.2 Å². The van der Waals surface area contributed by atoms with Gasteiger partial charge in [-0.1, -0.05) is 12.1 Å². The Labute approximate surface area is 141 Å². The molecule has 8 heteroatoms. The Morgan fingerprint density at radius 2 is 1.83 bits per heavy atom. The van der Waals surface area contributed by atoms with Crippen molar-refractivity contribution in [3.05, 3.63) is 33.9 Å². The van der Waals surface area contributed by atoms with Crippen molar-refractivity contribution in [2.24, 2.45) is 0 Å². The SMILES string of the molecule is CCOC(=O)Cc1ccc(B2OC(C)(C)C(C)(C)O2)cc1[N+](=O)[O-]. The van der Waals surface area contributed by atoms with Gasteiger partial charge in [0, 0.05) is 11.6 Å². The fraction of sp³-hybridized carbons (Fsp3) is 0.562. The zero-order chi connectivity index (χ0) is 18.1. The van der Waals surface area contributed by atoms with E-state index in [1.165, 1.54) is 6.07 Å². The number of hydrogen-bond donors (Lipinski definition) is 0. The fourth-order valence-electron chi connectivity index (χ4n) is 2.39. The van der Waals surface area contributed by atoms with Crippen LogP contribution >= 0.6 is 0 Å². The van der Waals surface area contributed by atoms with E-state index in [0.717, 1.165) is 0 Å². The van der Waals surface area contributed by atoms with Gasteiger partial charge in [-0.05, 0) is 40.1 Å². The van der Waals surface area contributed by atoms with E-state index in [2.05, 4.69) is 0 Å². The van der Waals surface area contributed by atoms with E-state index in [9.17, 15) is 14.9 Å². The molecular weight excluding hydrogens is 313 g/mol. The number of benzene rings is 1. The summed E-state index contributed by atoms with van der Waals surface area (Å²) < 4.78 is 16.7. The Kier molecular flexibility index (Phi) is 5.01. The maximum absolute atomic E-state index is 11.6. The molecule has 0 aliphatic carbocycles. The van der Waals surface area contributed by atoms with Gasteiger partial charge in [0.15, 0.2) is 0 Å². The molecule has 0 aromatic heterocycles. The van der Waals surface area contributed by atoms with Crippen LogP contribution in [0.2, 0.25) is 0 Å². The Hall–Kier alpha value is -1.93. The molecule has 1 heterocycles. The van der Waals surface area contributed by atoms with Gasteiger partial charge < -0.3 is 14.0 Å². The zero-order valence-electron chi connectivity index (χ0n) is 14.6. The van der Waals surface area contributed by atoms with Gasteiger partial charge in [-0.2, -0.15) is 0 Å². The van der Waals surface area contributed by atoms with E-state index in [-0.39, 0.29) is 18.7 Å². The minimum Gasteiger partial charge on any atom is -0.466 e. The van der Waals surface area contributed by atoms with Crippen molar-refractivity contribution in [1.82, 2.24) is 0 Å². The number of nitrogens with zero attached hydrogens (tertiary/aromatic N) is 1. The highest BCUT2D eigenvalue weighted by molar-refractivity contribution is 6.62. The number of rotatable bonds is 5. The van der Waals surface area contributed by atoms with Crippen molar-refractivity contribution >= 4 is 24.2 Å². The van der Waals surface area contributed by atoms with E-state index < -0.39 is 29.2 Å². The molecule has 7 nitrogen and oxygen atoms in total. The molecule has 0 atom stereocenters. The van der Waals surface area contributed by atoms with E-state index in [1.807, 2.05) is 27.7 Å². The van der Waals surface area contributed by atoms with Crippen LogP contribution in [0.5, 0.6) is 0 Å². The second kappa shape index (κ2) is 6.53. The molecule has 130 valence electrons. The van der Waals surface area contributed by atoms with E-state index in [4.69, 9.17) is 14.0 Å². The number of esters is 1. The highest BCUT2D eigenvalue weighted by Crippen LogP contribution is 2.36. The van der Waals surface area contributed by atoms with E-state index >= 15 is 0 Å². The largest absolute Gasteiger partial charge is 0.495 e. The molecule has 0 N–H and O–H groups in total. The van der Waals surface area contributed by atoms with Gasteiger partial charge in [0.05, 0.1) is 29.2 Å². The average molecular weight is 335 g/mol. The maximum atomic E-state index is 11.6. The summed E-state index contributed by atoms with van der Waals surface area (Å²) in [6.45, 7) is 9.58.